The molecule has 0 heterocycles. The first-order valence-electron chi connectivity index (χ1n) is 12.4. The average Bonchev–Trinajstić information content (AvgIpc) is 3.39. The lowest BCUT2D eigenvalue weighted by atomic mass is 9.92. The first-order valence-corrected chi connectivity index (χ1v) is 12.4. The molecule has 2 amide bonds. The molecular weight excluding hydrogens is 444 g/mol. The molecule has 2 aromatic rings. The van der Waals surface area contributed by atoms with Gasteiger partial charge in [-0.25, -0.2) is 4.79 Å². The number of fused-ring (bicyclic) bond motifs is 3. The molecule has 0 radical (unpaired) electrons. The molecule has 0 aromatic heterocycles. The molecule has 1 saturated carbocycles. The van der Waals surface area contributed by atoms with Gasteiger partial charge in [0.2, 0.25) is 5.91 Å². The van der Waals surface area contributed by atoms with E-state index in [9.17, 15) is 19.5 Å². The largest absolute Gasteiger partial charge is 0.481 e. The number of carboxylic acids is 1. The normalized spacial score (nSPS) is 16.9. The molecule has 7 heteroatoms. The quantitative estimate of drug-likeness (QED) is 0.478. The summed E-state index contributed by atoms with van der Waals surface area (Å²) in [5, 5.41) is 15.1. The minimum Gasteiger partial charge on any atom is -0.481 e. The van der Waals surface area contributed by atoms with E-state index >= 15 is 0 Å². The number of carbonyl (C=O) groups is 3. The summed E-state index contributed by atoms with van der Waals surface area (Å²) in [5.41, 5.74) is 3.92. The Balaban J connectivity index is 1.36. The number of ether oxygens (including phenoxy) is 1. The first-order chi connectivity index (χ1) is 16.8. The van der Waals surface area contributed by atoms with E-state index in [4.69, 9.17) is 4.74 Å². The Bertz CT molecular complexity index is 1040. The molecule has 0 saturated heterocycles. The van der Waals surface area contributed by atoms with Crippen molar-refractivity contribution in [3.63, 3.8) is 0 Å². The lowest BCUT2D eigenvalue weighted by molar-refractivity contribution is -0.139. The molecule has 2 aromatic carbocycles. The molecule has 0 bridgehead atoms. The van der Waals surface area contributed by atoms with Crippen molar-refractivity contribution < 1.29 is 24.2 Å². The van der Waals surface area contributed by atoms with Crippen LogP contribution in [-0.2, 0) is 14.3 Å². The third-order valence-corrected chi connectivity index (χ3v) is 7.31. The number of aliphatic carboxylic acids is 1. The van der Waals surface area contributed by atoms with E-state index < -0.39 is 23.6 Å². The van der Waals surface area contributed by atoms with Gasteiger partial charge in [-0.2, -0.15) is 0 Å². The second-order valence-electron chi connectivity index (χ2n) is 10.1. The highest BCUT2D eigenvalue weighted by atomic mass is 16.5. The molecule has 0 aliphatic heterocycles. The van der Waals surface area contributed by atoms with E-state index in [0.29, 0.717) is 12.8 Å². The van der Waals surface area contributed by atoms with Gasteiger partial charge in [0.15, 0.2) is 0 Å². The van der Waals surface area contributed by atoms with Crippen molar-refractivity contribution in [2.75, 3.05) is 6.61 Å². The van der Waals surface area contributed by atoms with Crippen LogP contribution in [0.25, 0.3) is 11.1 Å². The molecular formula is C28H34N2O5. The summed E-state index contributed by atoms with van der Waals surface area (Å²) in [6.45, 7) is 4.08. The van der Waals surface area contributed by atoms with Crippen LogP contribution in [0.4, 0.5) is 4.79 Å². The van der Waals surface area contributed by atoms with E-state index in [2.05, 4.69) is 34.9 Å². The zero-order valence-corrected chi connectivity index (χ0v) is 20.4. The van der Waals surface area contributed by atoms with Gasteiger partial charge in [-0.15, -0.1) is 0 Å². The van der Waals surface area contributed by atoms with Crippen LogP contribution in [0.5, 0.6) is 0 Å². The van der Waals surface area contributed by atoms with Crippen LogP contribution >= 0.6 is 0 Å². The van der Waals surface area contributed by atoms with Crippen LogP contribution in [0, 0.1) is 5.92 Å². The molecule has 2 aliphatic carbocycles. The van der Waals surface area contributed by atoms with E-state index in [-0.39, 0.29) is 37.2 Å². The summed E-state index contributed by atoms with van der Waals surface area (Å²) >= 11 is 0. The van der Waals surface area contributed by atoms with Crippen molar-refractivity contribution in [1.82, 2.24) is 10.6 Å². The van der Waals surface area contributed by atoms with Gasteiger partial charge in [-0.05, 0) is 41.0 Å². The minimum absolute atomic E-state index is 0.000217. The van der Waals surface area contributed by atoms with Crippen LogP contribution in [0.3, 0.4) is 0 Å². The van der Waals surface area contributed by atoms with Crippen molar-refractivity contribution >= 4 is 18.0 Å². The number of benzene rings is 2. The Hall–Kier alpha value is -3.35. The van der Waals surface area contributed by atoms with Crippen molar-refractivity contribution in [3.8, 4) is 11.1 Å². The predicted molar refractivity (Wildman–Crippen MR) is 133 cm³/mol. The van der Waals surface area contributed by atoms with Gasteiger partial charge >= 0.3 is 12.1 Å². The van der Waals surface area contributed by atoms with Crippen molar-refractivity contribution in [1.29, 1.82) is 0 Å². The van der Waals surface area contributed by atoms with E-state index in [1.807, 2.05) is 38.1 Å². The highest BCUT2D eigenvalue weighted by Gasteiger charge is 2.38. The second-order valence-corrected chi connectivity index (χ2v) is 10.1. The molecule has 2 aliphatic rings. The van der Waals surface area contributed by atoms with Crippen LogP contribution in [-0.4, -0.2) is 41.3 Å². The van der Waals surface area contributed by atoms with Crippen molar-refractivity contribution in [2.24, 2.45) is 5.92 Å². The zero-order chi connectivity index (χ0) is 25.0. The Kier molecular flexibility index (Phi) is 7.43. The molecule has 1 unspecified atom stereocenters. The van der Waals surface area contributed by atoms with Gasteiger partial charge in [-0.3, -0.25) is 9.59 Å². The third kappa shape index (κ3) is 5.66. The molecule has 3 N–H and O–H groups in total. The Morgan fingerprint density at radius 2 is 1.57 bits per heavy atom. The van der Waals surface area contributed by atoms with E-state index in [1.165, 1.54) is 0 Å². The molecule has 186 valence electrons. The third-order valence-electron chi connectivity index (χ3n) is 7.31. The van der Waals surface area contributed by atoms with Gasteiger partial charge in [0.25, 0.3) is 0 Å². The molecule has 1 fully saturated rings. The predicted octanol–water partition coefficient (Wildman–Crippen LogP) is 4.84. The van der Waals surface area contributed by atoms with Crippen molar-refractivity contribution in [3.05, 3.63) is 59.7 Å². The maximum absolute atomic E-state index is 12.8. The Morgan fingerprint density at radius 3 is 2.11 bits per heavy atom. The summed E-state index contributed by atoms with van der Waals surface area (Å²) in [7, 11) is 0. The smallest absolute Gasteiger partial charge is 0.407 e. The summed E-state index contributed by atoms with van der Waals surface area (Å²) in [6.07, 6.45) is 2.57. The Morgan fingerprint density at radius 1 is 1.00 bits per heavy atom. The summed E-state index contributed by atoms with van der Waals surface area (Å²) in [4.78, 5) is 36.9. The van der Waals surface area contributed by atoms with Crippen LogP contribution < -0.4 is 10.6 Å². The molecule has 4 rings (SSSR count). The van der Waals surface area contributed by atoms with Crippen LogP contribution in [0.2, 0.25) is 0 Å². The lowest BCUT2D eigenvalue weighted by Crippen LogP contribution is -2.50. The summed E-state index contributed by atoms with van der Waals surface area (Å²) in [5.74, 6) is -1.19. The van der Waals surface area contributed by atoms with Gasteiger partial charge in [0.05, 0.1) is 12.0 Å². The highest BCUT2D eigenvalue weighted by Crippen LogP contribution is 2.44. The number of amides is 2. The fourth-order valence-corrected chi connectivity index (χ4v) is 5.48. The minimum atomic E-state index is -0.913. The standard InChI is InChI=1S/C28H34N2O5/c1-18(2)24(15-25(31)30-28(16-26(32)33)13-7-8-14-28)29-27(34)35-17-23-21-11-5-3-9-19(21)20-10-4-6-12-22(20)23/h3-6,9-12,18,23-24H,7-8,13-17H2,1-2H3,(H,29,34)(H,30,31)(H,32,33). The summed E-state index contributed by atoms with van der Waals surface area (Å²) < 4.78 is 5.65. The van der Waals surface area contributed by atoms with Gasteiger partial charge in [-0.1, -0.05) is 75.2 Å². The second kappa shape index (κ2) is 10.5. The van der Waals surface area contributed by atoms with Crippen molar-refractivity contribution in [2.45, 2.75) is 69.9 Å². The van der Waals surface area contributed by atoms with Gasteiger partial charge < -0.3 is 20.5 Å². The van der Waals surface area contributed by atoms with Gasteiger partial charge in [0.1, 0.15) is 6.61 Å². The molecule has 1 atom stereocenters. The maximum Gasteiger partial charge on any atom is 0.407 e. The Labute approximate surface area is 206 Å². The molecule has 35 heavy (non-hydrogen) atoms. The fourth-order valence-electron chi connectivity index (χ4n) is 5.48. The first kappa shape index (κ1) is 24.8. The van der Waals surface area contributed by atoms with Crippen LogP contribution in [0.15, 0.2) is 48.5 Å². The SMILES string of the molecule is CC(C)C(CC(=O)NC1(CC(=O)O)CCCC1)NC(=O)OCC1c2ccccc2-c2ccccc21. The number of carboxylic acid groups (broad SMARTS) is 1. The van der Waals surface area contributed by atoms with E-state index in [0.717, 1.165) is 35.1 Å². The number of hydrogen-bond donors (Lipinski definition) is 3. The molecule has 7 nitrogen and oxygen atoms in total. The fraction of sp³-hybridized carbons (Fsp3) is 0.464. The lowest BCUT2D eigenvalue weighted by Gasteiger charge is -2.30. The summed E-state index contributed by atoms with van der Waals surface area (Å²) in [6, 6.07) is 15.9. The molecule has 0 spiro atoms. The number of alkyl carbamates (subject to hydrolysis) is 1. The number of nitrogens with one attached hydrogen (secondary N) is 2. The average molecular weight is 479 g/mol. The highest BCUT2D eigenvalue weighted by molar-refractivity contribution is 5.80. The van der Waals surface area contributed by atoms with Crippen LogP contribution in [0.1, 0.15) is 69.4 Å². The monoisotopic (exact) mass is 478 g/mol. The number of rotatable bonds is 9. The maximum atomic E-state index is 12.8. The van der Waals surface area contributed by atoms with E-state index in [1.54, 1.807) is 0 Å². The zero-order valence-electron chi connectivity index (χ0n) is 20.4. The number of hydrogen-bond acceptors (Lipinski definition) is 4. The number of carbonyl (C=O) groups excluding carboxylic acids is 2. The van der Waals surface area contributed by atoms with Gasteiger partial charge in [0, 0.05) is 18.4 Å². The topological polar surface area (TPSA) is 105 Å².